The topological polar surface area (TPSA) is 94.5 Å². The van der Waals surface area contributed by atoms with Gasteiger partial charge in [0.25, 0.3) is 5.89 Å². The van der Waals surface area contributed by atoms with Crippen LogP contribution >= 0.6 is 11.6 Å². The van der Waals surface area contributed by atoms with Crippen LogP contribution in [0.5, 0.6) is 5.75 Å². The summed E-state index contributed by atoms with van der Waals surface area (Å²) in [6, 6.07) is 3.49. The number of rotatable bonds is 5. The van der Waals surface area contributed by atoms with Crippen LogP contribution in [0.3, 0.4) is 0 Å². The number of ether oxygens (including phenoxy) is 1. The Labute approximate surface area is 208 Å². The van der Waals surface area contributed by atoms with Crippen molar-refractivity contribution in [3.05, 3.63) is 52.8 Å². The summed E-state index contributed by atoms with van der Waals surface area (Å²) in [5.41, 5.74) is -2.18. The number of hydrogen-bond donors (Lipinski definition) is 1. The van der Waals surface area contributed by atoms with E-state index < -0.39 is 35.3 Å². The molecule has 0 aliphatic carbocycles. The summed E-state index contributed by atoms with van der Waals surface area (Å²) in [5, 5.41) is 6.03. The van der Waals surface area contributed by atoms with Gasteiger partial charge in [-0.05, 0) is 30.7 Å². The standard InChI is InChI=1S/C22H14ClF6N5O3/c23-14-6-11(21(24,25)26)7-34-8-15(31-19(14)34)18-32-20(37-33-18)10-1-3-16(13(5-10)22(27,28)29)36-9-12-2-4-17(35)30-12/h1,3,5-8,12H,2,4,9H2,(H,30,35)/t12-/m0/s1. The number of hydrogen-bond acceptors (Lipinski definition) is 6. The van der Waals surface area contributed by atoms with E-state index in [1.807, 2.05) is 0 Å². The molecule has 0 spiro atoms. The highest BCUT2D eigenvalue weighted by molar-refractivity contribution is 6.33. The highest BCUT2D eigenvalue weighted by Crippen LogP contribution is 2.39. The van der Waals surface area contributed by atoms with Crippen molar-refractivity contribution >= 4 is 23.2 Å². The molecule has 0 saturated carbocycles. The lowest BCUT2D eigenvalue weighted by atomic mass is 10.1. The van der Waals surface area contributed by atoms with Crippen molar-refractivity contribution < 1.29 is 40.4 Å². The van der Waals surface area contributed by atoms with Gasteiger partial charge in [0, 0.05) is 24.4 Å². The number of nitrogens with one attached hydrogen (secondary N) is 1. The third-order valence-corrected chi connectivity index (χ3v) is 5.82. The summed E-state index contributed by atoms with van der Waals surface area (Å²) in [5.74, 6) is -1.09. The fourth-order valence-corrected chi connectivity index (χ4v) is 4.02. The minimum absolute atomic E-state index is 0.00433. The maximum atomic E-state index is 13.7. The number of carbonyl (C=O) groups excluding carboxylic acids is 1. The van der Waals surface area contributed by atoms with Crippen LogP contribution in [0.25, 0.3) is 28.6 Å². The van der Waals surface area contributed by atoms with E-state index in [1.54, 1.807) is 0 Å². The van der Waals surface area contributed by atoms with E-state index in [0.717, 1.165) is 28.8 Å². The summed E-state index contributed by atoms with van der Waals surface area (Å²) < 4.78 is 91.8. The quantitative estimate of drug-likeness (QED) is 0.338. The Balaban J connectivity index is 1.43. The maximum absolute atomic E-state index is 13.7. The molecule has 1 atom stereocenters. The van der Waals surface area contributed by atoms with Crippen molar-refractivity contribution in [2.45, 2.75) is 31.2 Å². The summed E-state index contributed by atoms with van der Waals surface area (Å²) in [7, 11) is 0. The summed E-state index contributed by atoms with van der Waals surface area (Å²) in [6.07, 6.45) is -6.72. The Morgan fingerprint density at radius 3 is 2.57 bits per heavy atom. The zero-order valence-corrected chi connectivity index (χ0v) is 19.1. The largest absolute Gasteiger partial charge is 0.491 e. The van der Waals surface area contributed by atoms with Gasteiger partial charge in [0.1, 0.15) is 18.1 Å². The van der Waals surface area contributed by atoms with Crippen LogP contribution in [0.15, 0.2) is 41.2 Å². The van der Waals surface area contributed by atoms with Crippen LogP contribution in [-0.2, 0) is 17.1 Å². The molecular formula is C22H14ClF6N5O3. The first kappa shape index (κ1) is 24.9. The fourth-order valence-electron chi connectivity index (χ4n) is 3.77. The van der Waals surface area contributed by atoms with Gasteiger partial charge < -0.3 is 19.0 Å². The number of fused-ring (bicyclic) bond motifs is 1. The zero-order valence-electron chi connectivity index (χ0n) is 18.3. The van der Waals surface area contributed by atoms with Crippen LogP contribution in [0, 0.1) is 0 Å². The molecule has 1 N–H and O–H groups in total. The highest BCUT2D eigenvalue weighted by atomic mass is 35.5. The van der Waals surface area contributed by atoms with Crippen LogP contribution < -0.4 is 10.1 Å². The molecule has 1 aromatic carbocycles. The highest BCUT2D eigenvalue weighted by Gasteiger charge is 2.36. The zero-order chi connectivity index (χ0) is 26.5. The Morgan fingerprint density at radius 2 is 1.89 bits per heavy atom. The van der Waals surface area contributed by atoms with E-state index in [4.69, 9.17) is 20.9 Å². The second kappa shape index (κ2) is 8.94. The molecule has 1 saturated heterocycles. The van der Waals surface area contributed by atoms with Gasteiger partial charge in [0.15, 0.2) is 5.65 Å². The van der Waals surface area contributed by atoms with Gasteiger partial charge in [-0.1, -0.05) is 16.8 Å². The summed E-state index contributed by atoms with van der Waals surface area (Å²) >= 11 is 5.93. The minimum Gasteiger partial charge on any atom is -0.491 e. The molecule has 8 nitrogen and oxygen atoms in total. The van der Waals surface area contributed by atoms with E-state index in [2.05, 4.69) is 20.4 Å². The predicted octanol–water partition coefficient (Wildman–Crippen LogP) is 5.40. The lowest BCUT2D eigenvalue weighted by Gasteiger charge is -2.17. The first-order valence-corrected chi connectivity index (χ1v) is 11.0. The number of nitrogens with zero attached hydrogens (tertiary/aromatic N) is 4. The van der Waals surface area contributed by atoms with E-state index in [9.17, 15) is 31.1 Å². The SMILES string of the molecule is O=C1CC[C@@H](COc2ccc(-c3nc(-c4cn5cc(C(F)(F)F)cc(Cl)c5n4)no3)cc2C(F)(F)F)N1. The molecule has 1 amide bonds. The van der Waals surface area contributed by atoms with Crippen LogP contribution in [0.4, 0.5) is 26.3 Å². The van der Waals surface area contributed by atoms with E-state index in [1.165, 1.54) is 12.3 Å². The Hall–Kier alpha value is -3.81. The molecule has 1 aliphatic rings. The molecule has 0 radical (unpaired) electrons. The van der Waals surface area contributed by atoms with Gasteiger partial charge >= 0.3 is 12.4 Å². The smallest absolute Gasteiger partial charge is 0.419 e. The Bertz CT molecular complexity index is 1500. The molecule has 37 heavy (non-hydrogen) atoms. The molecule has 4 aromatic rings. The van der Waals surface area contributed by atoms with Crippen molar-refractivity contribution in [3.63, 3.8) is 0 Å². The molecule has 1 aliphatic heterocycles. The summed E-state index contributed by atoms with van der Waals surface area (Å²) in [4.78, 5) is 19.4. The molecule has 0 unspecified atom stereocenters. The molecular weight excluding hydrogens is 532 g/mol. The number of imidazole rings is 1. The van der Waals surface area contributed by atoms with Gasteiger partial charge in [0.05, 0.1) is 22.2 Å². The molecule has 0 bridgehead atoms. The average Bonchev–Trinajstić information content (AvgIpc) is 3.55. The first-order valence-electron chi connectivity index (χ1n) is 10.6. The van der Waals surface area contributed by atoms with E-state index in [0.29, 0.717) is 6.42 Å². The molecule has 5 rings (SSSR count). The molecule has 194 valence electrons. The third kappa shape index (κ3) is 5.05. The van der Waals surface area contributed by atoms with Crippen LogP contribution in [-0.4, -0.2) is 38.1 Å². The van der Waals surface area contributed by atoms with Gasteiger partial charge in [-0.15, -0.1) is 0 Å². The second-order valence-corrected chi connectivity index (χ2v) is 8.58. The van der Waals surface area contributed by atoms with Gasteiger partial charge in [0.2, 0.25) is 11.7 Å². The fraction of sp³-hybridized carbons (Fsp3) is 0.273. The number of amides is 1. The van der Waals surface area contributed by atoms with Crippen molar-refractivity contribution in [2.24, 2.45) is 0 Å². The predicted molar refractivity (Wildman–Crippen MR) is 116 cm³/mol. The number of aromatic nitrogens is 4. The Morgan fingerprint density at radius 1 is 1.11 bits per heavy atom. The van der Waals surface area contributed by atoms with Gasteiger partial charge in [-0.3, -0.25) is 4.79 Å². The lowest BCUT2D eigenvalue weighted by molar-refractivity contribution is -0.139. The van der Waals surface area contributed by atoms with E-state index in [-0.39, 0.29) is 52.6 Å². The molecule has 4 heterocycles. The van der Waals surface area contributed by atoms with Crippen molar-refractivity contribution in [1.82, 2.24) is 24.8 Å². The van der Waals surface area contributed by atoms with Crippen molar-refractivity contribution in [2.75, 3.05) is 6.61 Å². The number of carbonyl (C=O) groups is 1. The number of alkyl halides is 6. The van der Waals surface area contributed by atoms with Crippen LogP contribution in [0.2, 0.25) is 5.02 Å². The van der Waals surface area contributed by atoms with Crippen molar-refractivity contribution in [3.8, 4) is 28.7 Å². The van der Waals surface area contributed by atoms with E-state index >= 15 is 0 Å². The summed E-state index contributed by atoms with van der Waals surface area (Å²) in [6.45, 7) is -0.134. The number of benzene rings is 1. The number of pyridine rings is 1. The molecule has 15 heteroatoms. The average molecular weight is 546 g/mol. The third-order valence-electron chi connectivity index (χ3n) is 5.55. The van der Waals surface area contributed by atoms with Gasteiger partial charge in [-0.25, -0.2) is 4.98 Å². The monoisotopic (exact) mass is 545 g/mol. The second-order valence-electron chi connectivity index (χ2n) is 8.18. The normalized spacial score (nSPS) is 16.4. The lowest BCUT2D eigenvalue weighted by Crippen LogP contribution is -2.31. The van der Waals surface area contributed by atoms with Gasteiger partial charge in [-0.2, -0.15) is 31.3 Å². The minimum atomic E-state index is -4.78. The first-order chi connectivity index (χ1) is 17.4. The maximum Gasteiger partial charge on any atom is 0.419 e. The molecule has 1 fully saturated rings. The molecule has 3 aromatic heterocycles. The van der Waals surface area contributed by atoms with Crippen molar-refractivity contribution in [1.29, 1.82) is 0 Å². The van der Waals surface area contributed by atoms with Crippen LogP contribution in [0.1, 0.15) is 24.0 Å². The Kier molecular flexibility index (Phi) is 6.01. The number of halogens is 7.